The maximum absolute atomic E-state index is 13.5. The zero-order chi connectivity index (χ0) is 25.6. The van der Waals surface area contributed by atoms with Crippen LogP contribution in [0, 0.1) is 0 Å². The van der Waals surface area contributed by atoms with Crippen LogP contribution in [0.3, 0.4) is 0 Å². The lowest BCUT2D eigenvalue weighted by atomic mass is 10.1. The molecule has 0 fully saturated rings. The summed E-state index contributed by atoms with van der Waals surface area (Å²) in [6, 6.07) is 4.50. The number of carbonyl (C=O) groups excluding carboxylic acids is 1. The minimum atomic E-state index is -4.59. The molecule has 2 aromatic heterocycles. The molecule has 0 aliphatic rings. The second-order valence-corrected chi connectivity index (χ2v) is 9.01. The normalized spacial score (nSPS) is 12.7. The van der Waals surface area contributed by atoms with E-state index in [1.807, 2.05) is 24.3 Å². The van der Waals surface area contributed by atoms with Crippen molar-refractivity contribution in [1.29, 1.82) is 0 Å². The number of halogens is 3. The summed E-state index contributed by atoms with van der Waals surface area (Å²) in [7, 11) is 4.91. The smallest absolute Gasteiger partial charge is 0.409 e. The Bertz CT molecular complexity index is 1140. The molecule has 0 saturated heterocycles. The number of alkyl halides is 3. The first kappa shape index (κ1) is 26.6. The molecule has 0 aliphatic carbocycles. The number of hydrogen-bond donors (Lipinski definition) is 2. The van der Waals surface area contributed by atoms with E-state index in [0.717, 1.165) is 23.3 Å². The molecule has 1 unspecified atom stereocenters. The third kappa shape index (κ3) is 6.99. The van der Waals surface area contributed by atoms with E-state index in [9.17, 15) is 18.0 Å². The van der Waals surface area contributed by atoms with Crippen LogP contribution in [-0.2, 0) is 6.54 Å². The topological polar surface area (TPSA) is 87.0 Å². The van der Waals surface area contributed by atoms with Crippen LogP contribution in [0.15, 0.2) is 42.9 Å². The van der Waals surface area contributed by atoms with Gasteiger partial charge in [-0.2, -0.15) is 13.2 Å². The van der Waals surface area contributed by atoms with Crippen LogP contribution in [0.2, 0.25) is 0 Å². The number of carbonyl (C=O) groups is 1. The molecule has 0 spiro atoms. The Morgan fingerprint density at radius 1 is 1.31 bits per heavy atom. The Kier molecular flexibility index (Phi) is 8.81. The van der Waals surface area contributed by atoms with Crippen molar-refractivity contribution < 1.29 is 22.7 Å². The fourth-order valence-electron chi connectivity index (χ4n) is 3.29. The fourth-order valence-corrected chi connectivity index (χ4v) is 3.79. The molecule has 2 heterocycles. The van der Waals surface area contributed by atoms with Crippen molar-refractivity contribution in [2.24, 2.45) is 0 Å². The van der Waals surface area contributed by atoms with Gasteiger partial charge in [0.15, 0.2) is 5.65 Å². The van der Waals surface area contributed by atoms with Crippen LogP contribution in [-0.4, -0.2) is 76.1 Å². The average molecular weight is 512 g/mol. The quantitative estimate of drug-likeness (QED) is 0.403. The van der Waals surface area contributed by atoms with Gasteiger partial charge < -0.3 is 19.4 Å². The number of urea groups is 1. The molecule has 3 rings (SSSR count). The summed E-state index contributed by atoms with van der Waals surface area (Å²) < 4.78 is 51.8. The van der Waals surface area contributed by atoms with Crippen molar-refractivity contribution in [2.45, 2.75) is 25.7 Å². The number of amides is 2. The highest BCUT2D eigenvalue weighted by Gasteiger charge is 2.41. The summed E-state index contributed by atoms with van der Waals surface area (Å²) in [5.41, 5.74) is 2.73. The van der Waals surface area contributed by atoms with E-state index in [1.54, 1.807) is 48.3 Å². The number of nitrogens with one attached hydrogen (secondary N) is 2. The van der Waals surface area contributed by atoms with Crippen molar-refractivity contribution in [3.05, 3.63) is 48.4 Å². The Labute approximate surface area is 205 Å². The minimum absolute atomic E-state index is 0.130. The van der Waals surface area contributed by atoms with Gasteiger partial charge in [0.2, 0.25) is 0 Å². The van der Waals surface area contributed by atoms with E-state index in [4.69, 9.17) is 4.74 Å². The van der Waals surface area contributed by atoms with Crippen LogP contribution in [0.5, 0.6) is 5.88 Å². The van der Waals surface area contributed by atoms with Gasteiger partial charge in [-0.25, -0.2) is 23.8 Å². The van der Waals surface area contributed by atoms with Crippen molar-refractivity contribution >= 4 is 23.8 Å². The standard InChI is InChI=1S/C22H28F3N7O2S/c1-5-31(21(33)29-18(22(23,24)25)12-27-35-30(2)3)13-15-7-6-8-16(11-15)17-14-32-10-9-26-19(32)20(28-17)34-4/h6-11,14,18,27H,5,12-13H2,1-4H3,(H,29,33). The van der Waals surface area contributed by atoms with Gasteiger partial charge in [0.1, 0.15) is 6.04 Å². The second kappa shape index (κ2) is 11.6. The molecule has 2 N–H and O–H groups in total. The number of benzene rings is 1. The van der Waals surface area contributed by atoms with E-state index < -0.39 is 24.8 Å². The highest BCUT2D eigenvalue weighted by atomic mass is 32.2. The number of fused-ring (bicyclic) bond motifs is 1. The SMILES string of the molecule is CCN(Cc1cccc(-c2cn3ccnc3c(OC)n2)c1)C(=O)NC(CNSN(C)C)C(F)(F)F. The van der Waals surface area contributed by atoms with Gasteiger partial charge in [0.05, 0.1) is 12.8 Å². The number of ether oxygens (including phenoxy) is 1. The lowest BCUT2D eigenvalue weighted by molar-refractivity contribution is -0.151. The summed E-state index contributed by atoms with van der Waals surface area (Å²) in [4.78, 5) is 22.8. The first-order chi connectivity index (χ1) is 16.6. The Morgan fingerprint density at radius 3 is 2.74 bits per heavy atom. The van der Waals surface area contributed by atoms with E-state index in [0.29, 0.717) is 17.2 Å². The summed E-state index contributed by atoms with van der Waals surface area (Å²) >= 11 is 1.02. The number of hydrogen-bond acceptors (Lipinski definition) is 7. The average Bonchev–Trinajstić information content (AvgIpc) is 3.29. The highest BCUT2D eigenvalue weighted by molar-refractivity contribution is 7.95. The fraction of sp³-hybridized carbons (Fsp3) is 0.409. The molecule has 0 radical (unpaired) electrons. The molecular weight excluding hydrogens is 483 g/mol. The van der Waals surface area contributed by atoms with Crippen LogP contribution in [0.25, 0.3) is 16.9 Å². The summed E-state index contributed by atoms with van der Waals surface area (Å²) in [5.74, 6) is 0.367. The Morgan fingerprint density at radius 2 is 2.09 bits per heavy atom. The summed E-state index contributed by atoms with van der Waals surface area (Å²) in [6.45, 7) is 1.61. The first-order valence-corrected chi connectivity index (χ1v) is 11.6. The monoisotopic (exact) mass is 511 g/mol. The van der Waals surface area contributed by atoms with Gasteiger partial charge in [-0.05, 0) is 32.6 Å². The van der Waals surface area contributed by atoms with E-state index in [1.165, 1.54) is 12.0 Å². The molecule has 9 nitrogen and oxygen atoms in total. The second-order valence-electron chi connectivity index (χ2n) is 7.80. The molecule has 13 heteroatoms. The van der Waals surface area contributed by atoms with Crippen LogP contribution in [0.4, 0.5) is 18.0 Å². The lowest BCUT2D eigenvalue weighted by Crippen LogP contribution is -2.54. The highest BCUT2D eigenvalue weighted by Crippen LogP contribution is 2.25. The van der Waals surface area contributed by atoms with Gasteiger partial charge >= 0.3 is 12.2 Å². The van der Waals surface area contributed by atoms with Gasteiger partial charge in [-0.15, -0.1) is 0 Å². The molecule has 2 amide bonds. The van der Waals surface area contributed by atoms with Crippen LogP contribution >= 0.6 is 12.1 Å². The van der Waals surface area contributed by atoms with Gasteiger partial charge in [0.25, 0.3) is 5.88 Å². The first-order valence-electron chi connectivity index (χ1n) is 10.8. The predicted octanol–water partition coefficient (Wildman–Crippen LogP) is 3.58. The molecular formula is C22H28F3N7O2S. The predicted molar refractivity (Wildman–Crippen MR) is 129 cm³/mol. The lowest BCUT2D eigenvalue weighted by Gasteiger charge is -2.27. The molecule has 0 aliphatic heterocycles. The van der Waals surface area contributed by atoms with E-state index in [2.05, 4.69) is 20.0 Å². The largest absolute Gasteiger partial charge is 0.478 e. The number of imidazole rings is 1. The molecule has 0 saturated carbocycles. The van der Waals surface area contributed by atoms with Gasteiger partial charge in [-0.3, -0.25) is 0 Å². The molecule has 35 heavy (non-hydrogen) atoms. The molecule has 190 valence electrons. The summed E-state index contributed by atoms with van der Waals surface area (Å²) in [5, 5.41) is 2.11. The number of aromatic nitrogens is 3. The Hall–Kier alpha value is -3.03. The van der Waals surface area contributed by atoms with Gasteiger partial charge in [-0.1, -0.05) is 18.2 Å². The number of methoxy groups -OCH3 is 1. The van der Waals surface area contributed by atoms with Crippen molar-refractivity contribution in [3.8, 4) is 17.1 Å². The van der Waals surface area contributed by atoms with E-state index >= 15 is 0 Å². The van der Waals surface area contributed by atoms with Gasteiger partial charge in [0, 0.05) is 55.9 Å². The zero-order valence-corrected chi connectivity index (χ0v) is 20.7. The zero-order valence-electron chi connectivity index (χ0n) is 19.8. The molecule has 1 aromatic carbocycles. The minimum Gasteiger partial charge on any atom is -0.478 e. The molecule has 1 atom stereocenters. The maximum atomic E-state index is 13.5. The number of nitrogens with zero attached hydrogens (tertiary/aromatic N) is 5. The third-order valence-electron chi connectivity index (χ3n) is 5.03. The Balaban J connectivity index is 1.75. The van der Waals surface area contributed by atoms with Crippen molar-refractivity contribution in [3.63, 3.8) is 0 Å². The number of rotatable bonds is 10. The van der Waals surface area contributed by atoms with Crippen molar-refractivity contribution in [2.75, 3.05) is 34.3 Å². The van der Waals surface area contributed by atoms with Crippen molar-refractivity contribution in [1.82, 2.24) is 33.6 Å². The van der Waals surface area contributed by atoms with Crippen LogP contribution in [0.1, 0.15) is 12.5 Å². The third-order valence-corrected chi connectivity index (χ3v) is 5.69. The molecule has 0 bridgehead atoms. The molecule has 3 aromatic rings. The van der Waals surface area contributed by atoms with E-state index in [-0.39, 0.29) is 13.1 Å². The maximum Gasteiger partial charge on any atom is 0.409 e. The summed E-state index contributed by atoms with van der Waals surface area (Å²) in [6.07, 6.45) is 0.631. The van der Waals surface area contributed by atoms with Crippen LogP contribution < -0.4 is 14.8 Å².